The number of hydrogen-bond acceptors (Lipinski definition) is 4. The molecule has 0 bridgehead atoms. The van der Waals surface area contributed by atoms with E-state index in [4.69, 9.17) is 4.74 Å². The molecule has 0 spiro atoms. The number of non-ortho nitro benzene ring substituents is 1. The molecule has 0 heterocycles. The molecule has 1 aliphatic carbocycles. The standard InChI is InChI=1S/C12H12N2O3/c1-17-11-7-9(14(15)16)3-4-10(11)12(8-13)5-2-6-12/h3-4,7H,2,5-6H2,1H3. The van der Waals surface area contributed by atoms with Crippen molar-refractivity contribution in [2.24, 2.45) is 0 Å². The molecular weight excluding hydrogens is 220 g/mol. The quantitative estimate of drug-likeness (QED) is 0.592. The van der Waals surface area contributed by atoms with E-state index in [1.807, 2.05) is 0 Å². The average molecular weight is 232 g/mol. The molecule has 2 rings (SSSR count). The second kappa shape index (κ2) is 4.06. The van der Waals surface area contributed by atoms with Crippen LogP contribution in [0.25, 0.3) is 0 Å². The Bertz CT molecular complexity index is 501. The highest BCUT2D eigenvalue weighted by Crippen LogP contribution is 2.47. The zero-order chi connectivity index (χ0) is 12.5. The van der Waals surface area contributed by atoms with Gasteiger partial charge in [0.15, 0.2) is 0 Å². The number of nitro benzene ring substituents is 1. The van der Waals surface area contributed by atoms with Gasteiger partial charge < -0.3 is 4.74 Å². The second-order valence-corrected chi connectivity index (χ2v) is 4.19. The topological polar surface area (TPSA) is 76.2 Å². The summed E-state index contributed by atoms with van der Waals surface area (Å²) in [6.07, 6.45) is 2.59. The highest BCUT2D eigenvalue weighted by atomic mass is 16.6. The summed E-state index contributed by atoms with van der Waals surface area (Å²) in [5, 5.41) is 19.9. The molecule has 0 saturated heterocycles. The van der Waals surface area contributed by atoms with Crippen LogP contribution in [0.4, 0.5) is 5.69 Å². The SMILES string of the molecule is COc1cc([N+](=O)[O-])ccc1C1(C#N)CCC1. The number of nitrogens with zero attached hydrogens (tertiary/aromatic N) is 2. The maximum absolute atomic E-state index is 10.7. The van der Waals surface area contributed by atoms with Crippen LogP contribution in [0.5, 0.6) is 5.75 Å². The Morgan fingerprint density at radius 1 is 1.53 bits per heavy atom. The number of rotatable bonds is 3. The number of nitriles is 1. The smallest absolute Gasteiger partial charge is 0.273 e. The monoisotopic (exact) mass is 232 g/mol. The first-order chi connectivity index (χ1) is 8.13. The van der Waals surface area contributed by atoms with Gasteiger partial charge in [-0.05, 0) is 25.3 Å². The molecular formula is C12H12N2O3. The van der Waals surface area contributed by atoms with E-state index in [-0.39, 0.29) is 5.69 Å². The lowest BCUT2D eigenvalue weighted by molar-refractivity contribution is -0.385. The minimum absolute atomic E-state index is 0.0157. The van der Waals surface area contributed by atoms with E-state index in [0.717, 1.165) is 24.8 Å². The molecule has 0 aliphatic heterocycles. The minimum atomic E-state index is -0.513. The maximum atomic E-state index is 10.7. The summed E-state index contributed by atoms with van der Waals surface area (Å²) in [5.41, 5.74) is 0.234. The van der Waals surface area contributed by atoms with Crippen LogP contribution in [0.3, 0.4) is 0 Å². The minimum Gasteiger partial charge on any atom is -0.496 e. The summed E-state index contributed by atoms with van der Waals surface area (Å²) in [6, 6.07) is 6.75. The molecule has 88 valence electrons. The predicted molar refractivity (Wildman–Crippen MR) is 60.8 cm³/mol. The Balaban J connectivity index is 2.48. The number of ether oxygens (including phenoxy) is 1. The van der Waals surface area contributed by atoms with Crippen LogP contribution >= 0.6 is 0 Å². The van der Waals surface area contributed by atoms with Crippen LogP contribution in [0.2, 0.25) is 0 Å². The van der Waals surface area contributed by atoms with E-state index in [9.17, 15) is 15.4 Å². The molecule has 17 heavy (non-hydrogen) atoms. The summed E-state index contributed by atoms with van der Waals surface area (Å²) in [4.78, 5) is 10.2. The van der Waals surface area contributed by atoms with Gasteiger partial charge in [-0.3, -0.25) is 10.1 Å². The molecule has 0 N–H and O–H groups in total. The van der Waals surface area contributed by atoms with Crippen molar-refractivity contribution in [3.63, 3.8) is 0 Å². The number of benzene rings is 1. The summed E-state index contributed by atoms with van der Waals surface area (Å²) in [7, 11) is 1.46. The van der Waals surface area contributed by atoms with Crippen molar-refractivity contribution < 1.29 is 9.66 Å². The van der Waals surface area contributed by atoms with Crippen molar-refractivity contribution in [2.75, 3.05) is 7.11 Å². The molecule has 0 unspecified atom stereocenters. The molecule has 5 nitrogen and oxygen atoms in total. The van der Waals surface area contributed by atoms with Gasteiger partial charge in [0.2, 0.25) is 0 Å². The highest BCUT2D eigenvalue weighted by Gasteiger charge is 2.41. The Morgan fingerprint density at radius 3 is 2.65 bits per heavy atom. The second-order valence-electron chi connectivity index (χ2n) is 4.19. The Hall–Kier alpha value is -2.09. The van der Waals surface area contributed by atoms with Gasteiger partial charge in [-0.2, -0.15) is 5.26 Å². The fourth-order valence-corrected chi connectivity index (χ4v) is 2.16. The first-order valence-electron chi connectivity index (χ1n) is 5.37. The van der Waals surface area contributed by atoms with Gasteiger partial charge in [0.05, 0.1) is 29.6 Å². The van der Waals surface area contributed by atoms with Crippen LogP contribution in [0.15, 0.2) is 18.2 Å². The number of methoxy groups -OCH3 is 1. The van der Waals surface area contributed by atoms with Crippen molar-refractivity contribution in [1.29, 1.82) is 5.26 Å². The van der Waals surface area contributed by atoms with Gasteiger partial charge >= 0.3 is 0 Å². The van der Waals surface area contributed by atoms with E-state index in [2.05, 4.69) is 6.07 Å². The Morgan fingerprint density at radius 2 is 2.24 bits per heavy atom. The third-order valence-corrected chi connectivity index (χ3v) is 3.33. The summed E-state index contributed by atoms with van der Waals surface area (Å²) >= 11 is 0. The average Bonchev–Trinajstić information content (AvgIpc) is 2.28. The molecule has 1 aliphatic rings. The van der Waals surface area contributed by atoms with Crippen molar-refractivity contribution in [3.8, 4) is 11.8 Å². The van der Waals surface area contributed by atoms with E-state index in [0.29, 0.717) is 5.75 Å². The zero-order valence-corrected chi connectivity index (χ0v) is 9.47. The normalized spacial score (nSPS) is 16.7. The van der Waals surface area contributed by atoms with Crippen LogP contribution in [-0.4, -0.2) is 12.0 Å². The van der Waals surface area contributed by atoms with Crippen LogP contribution in [0.1, 0.15) is 24.8 Å². The molecule has 0 aromatic heterocycles. The number of hydrogen-bond donors (Lipinski definition) is 0. The molecule has 5 heteroatoms. The summed E-state index contributed by atoms with van der Waals surface area (Å²) in [6.45, 7) is 0. The molecule has 1 saturated carbocycles. The lowest BCUT2D eigenvalue weighted by Crippen LogP contribution is -2.32. The van der Waals surface area contributed by atoms with Crippen molar-refractivity contribution >= 4 is 5.69 Å². The fraction of sp³-hybridized carbons (Fsp3) is 0.417. The predicted octanol–water partition coefficient (Wildman–Crippen LogP) is 2.55. The van der Waals surface area contributed by atoms with Crippen molar-refractivity contribution in [3.05, 3.63) is 33.9 Å². The molecule has 0 atom stereocenters. The third-order valence-electron chi connectivity index (χ3n) is 3.33. The van der Waals surface area contributed by atoms with Crippen LogP contribution in [-0.2, 0) is 5.41 Å². The molecule has 0 amide bonds. The van der Waals surface area contributed by atoms with Crippen molar-refractivity contribution in [1.82, 2.24) is 0 Å². The van der Waals surface area contributed by atoms with E-state index >= 15 is 0 Å². The maximum Gasteiger partial charge on any atom is 0.273 e. The Labute approximate surface area is 98.8 Å². The van der Waals surface area contributed by atoms with Gasteiger partial charge in [0.1, 0.15) is 5.75 Å². The van der Waals surface area contributed by atoms with Gasteiger partial charge in [-0.25, -0.2) is 0 Å². The number of nitro groups is 1. The lowest BCUT2D eigenvalue weighted by atomic mass is 9.65. The third kappa shape index (κ3) is 1.72. The van der Waals surface area contributed by atoms with Crippen LogP contribution < -0.4 is 4.74 Å². The molecule has 1 aromatic rings. The van der Waals surface area contributed by atoms with Gasteiger partial charge in [-0.1, -0.05) is 0 Å². The van der Waals surface area contributed by atoms with Crippen molar-refractivity contribution in [2.45, 2.75) is 24.7 Å². The van der Waals surface area contributed by atoms with Crippen LogP contribution in [0, 0.1) is 21.4 Å². The summed E-state index contributed by atoms with van der Waals surface area (Å²) < 4.78 is 5.16. The summed E-state index contributed by atoms with van der Waals surface area (Å²) in [5.74, 6) is 0.431. The highest BCUT2D eigenvalue weighted by molar-refractivity contribution is 5.51. The zero-order valence-electron chi connectivity index (χ0n) is 9.47. The largest absolute Gasteiger partial charge is 0.496 e. The first-order valence-corrected chi connectivity index (χ1v) is 5.37. The Kier molecular flexibility index (Phi) is 2.72. The van der Waals surface area contributed by atoms with E-state index < -0.39 is 10.3 Å². The fourth-order valence-electron chi connectivity index (χ4n) is 2.16. The van der Waals surface area contributed by atoms with E-state index in [1.165, 1.54) is 19.2 Å². The first kappa shape index (κ1) is 11.4. The van der Waals surface area contributed by atoms with Gasteiger partial charge in [0.25, 0.3) is 5.69 Å². The lowest BCUT2D eigenvalue weighted by Gasteiger charge is -2.36. The van der Waals surface area contributed by atoms with Gasteiger partial charge in [0, 0.05) is 11.6 Å². The molecule has 0 radical (unpaired) electrons. The molecule has 1 aromatic carbocycles. The molecule has 1 fully saturated rings. The van der Waals surface area contributed by atoms with Gasteiger partial charge in [-0.15, -0.1) is 0 Å². The van der Waals surface area contributed by atoms with E-state index in [1.54, 1.807) is 6.07 Å².